The van der Waals surface area contributed by atoms with Gasteiger partial charge in [0.05, 0.1) is 6.42 Å². The Morgan fingerprint density at radius 2 is 2.14 bits per heavy atom. The van der Waals surface area contributed by atoms with Gasteiger partial charge in [-0.15, -0.1) is 0 Å². The number of benzene rings is 1. The minimum Gasteiger partial charge on any atom is -0.457 e. The molecule has 3 rings (SSSR count). The Bertz CT molecular complexity index is 384. The van der Waals surface area contributed by atoms with Crippen molar-refractivity contribution in [2.45, 2.75) is 25.4 Å². The summed E-state index contributed by atoms with van der Waals surface area (Å²) in [6.45, 7) is 0. The maximum absolute atomic E-state index is 11.2. The average Bonchev–Trinajstić information content (AvgIpc) is 2.59. The van der Waals surface area contributed by atoms with Crippen LogP contribution in [0.2, 0.25) is 0 Å². The van der Waals surface area contributed by atoms with Crippen molar-refractivity contribution in [3.8, 4) is 0 Å². The van der Waals surface area contributed by atoms with Crippen LogP contribution >= 0.6 is 0 Å². The van der Waals surface area contributed by atoms with Crippen LogP contribution in [0, 0.1) is 5.92 Å². The zero-order valence-electron chi connectivity index (χ0n) is 7.90. The number of aryl methyl sites for hydroxylation is 1. The van der Waals surface area contributed by atoms with Gasteiger partial charge < -0.3 is 4.74 Å². The largest absolute Gasteiger partial charge is 0.457 e. The van der Waals surface area contributed by atoms with Crippen molar-refractivity contribution in [1.82, 2.24) is 0 Å². The molecule has 72 valence electrons. The van der Waals surface area contributed by atoms with Crippen LogP contribution in [0.4, 0.5) is 0 Å². The first-order valence-corrected chi connectivity index (χ1v) is 5.12. The summed E-state index contributed by atoms with van der Waals surface area (Å²) in [6.07, 6.45) is 2.84. The van der Waals surface area contributed by atoms with Crippen LogP contribution in [-0.4, -0.2) is 5.97 Å². The number of hydrogen-bond donors (Lipinski definition) is 0. The fourth-order valence-corrected chi connectivity index (χ4v) is 2.56. The minimum atomic E-state index is -0.0308. The molecule has 0 N–H and O–H groups in total. The number of esters is 1. The van der Waals surface area contributed by atoms with Crippen molar-refractivity contribution in [2.24, 2.45) is 5.92 Å². The highest BCUT2D eigenvalue weighted by Gasteiger charge is 2.39. The first-order valence-electron chi connectivity index (χ1n) is 5.12. The third-order valence-electron chi connectivity index (χ3n) is 3.26. The van der Waals surface area contributed by atoms with Crippen LogP contribution in [0.1, 0.15) is 30.1 Å². The van der Waals surface area contributed by atoms with Gasteiger partial charge in [0.15, 0.2) is 0 Å². The highest BCUT2D eigenvalue weighted by molar-refractivity contribution is 5.72. The molecular formula is C12H12O2. The molecule has 2 nitrogen and oxygen atoms in total. The second-order valence-electron chi connectivity index (χ2n) is 4.11. The highest BCUT2D eigenvalue weighted by atomic mass is 16.5. The van der Waals surface area contributed by atoms with Crippen molar-refractivity contribution in [2.75, 3.05) is 0 Å². The van der Waals surface area contributed by atoms with Crippen LogP contribution in [0.5, 0.6) is 0 Å². The summed E-state index contributed by atoms with van der Waals surface area (Å²) >= 11 is 0. The molecule has 0 aromatic heterocycles. The van der Waals surface area contributed by atoms with E-state index in [9.17, 15) is 4.79 Å². The van der Waals surface area contributed by atoms with Gasteiger partial charge in [-0.3, -0.25) is 4.79 Å². The molecule has 1 heterocycles. The van der Waals surface area contributed by atoms with E-state index in [4.69, 9.17) is 4.74 Å². The topological polar surface area (TPSA) is 26.3 Å². The van der Waals surface area contributed by atoms with E-state index in [1.165, 1.54) is 11.1 Å². The summed E-state index contributed by atoms with van der Waals surface area (Å²) in [5, 5.41) is 0. The molecule has 2 aliphatic rings. The van der Waals surface area contributed by atoms with E-state index >= 15 is 0 Å². The molecule has 0 spiro atoms. The lowest BCUT2D eigenvalue weighted by Crippen LogP contribution is -2.16. The molecule has 2 heteroatoms. The molecule has 0 amide bonds. The monoisotopic (exact) mass is 188 g/mol. The first-order chi connectivity index (χ1) is 6.84. The molecule has 0 radical (unpaired) electrons. The normalized spacial score (nSPS) is 29.3. The van der Waals surface area contributed by atoms with Crippen LogP contribution in [-0.2, 0) is 16.0 Å². The smallest absolute Gasteiger partial charge is 0.306 e. The zero-order valence-corrected chi connectivity index (χ0v) is 7.90. The van der Waals surface area contributed by atoms with Crippen molar-refractivity contribution in [1.29, 1.82) is 0 Å². The number of hydrogen-bond acceptors (Lipinski definition) is 2. The molecule has 1 saturated heterocycles. The van der Waals surface area contributed by atoms with E-state index in [-0.39, 0.29) is 12.1 Å². The van der Waals surface area contributed by atoms with Gasteiger partial charge in [0.25, 0.3) is 0 Å². The quantitative estimate of drug-likeness (QED) is 0.583. The van der Waals surface area contributed by atoms with Gasteiger partial charge in [-0.25, -0.2) is 0 Å². The van der Waals surface area contributed by atoms with Crippen molar-refractivity contribution < 1.29 is 9.53 Å². The summed E-state index contributed by atoms with van der Waals surface area (Å²) in [6, 6.07) is 8.30. The van der Waals surface area contributed by atoms with Gasteiger partial charge in [0.2, 0.25) is 0 Å². The fourth-order valence-electron chi connectivity index (χ4n) is 2.56. The molecule has 14 heavy (non-hydrogen) atoms. The molecule has 1 aromatic rings. The van der Waals surface area contributed by atoms with E-state index in [1.54, 1.807) is 0 Å². The van der Waals surface area contributed by atoms with Crippen LogP contribution in [0.15, 0.2) is 24.3 Å². The Morgan fingerprint density at radius 1 is 1.29 bits per heavy atom. The van der Waals surface area contributed by atoms with E-state index in [2.05, 4.69) is 18.2 Å². The number of carbonyl (C=O) groups excluding carboxylic acids is 1. The lowest BCUT2D eigenvalue weighted by atomic mass is 9.81. The SMILES string of the molecule is O=C1C[C@@H]2CCc3ccccc3[C@@H]2O1. The molecule has 0 bridgehead atoms. The summed E-state index contributed by atoms with van der Waals surface area (Å²) in [5.74, 6) is 0.397. The predicted molar refractivity (Wildman–Crippen MR) is 51.7 cm³/mol. The Morgan fingerprint density at radius 3 is 3.07 bits per heavy atom. The number of carbonyl (C=O) groups is 1. The van der Waals surface area contributed by atoms with Gasteiger partial charge in [-0.05, 0) is 24.0 Å². The molecule has 0 saturated carbocycles. The molecular weight excluding hydrogens is 176 g/mol. The van der Waals surface area contributed by atoms with Gasteiger partial charge in [-0.2, -0.15) is 0 Å². The second kappa shape index (κ2) is 2.84. The Hall–Kier alpha value is -1.31. The summed E-state index contributed by atoms with van der Waals surface area (Å²) in [5.41, 5.74) is 2.58. The Balaban J connectivity index is 2.05. The van der Waals surface area contributed by atoms with Crippen molar-refractivity contribution >= 4 is 5.97 Å². The van der Waals surface area contributed by atoms with E-state index in [0.717, 1.165) is 12.8 Å². The van der Waals surface area contributed by atoms with Crippen LogP contribution < -0.4 is 0 Å². The molecule has 1 aliphatic carbocycles. The summed E-state index contributed by atoms with van der Waals surface area (Å²) < 4.78 is 5.35. The lowest BCUT2D eigenvalue weighted by molar-refractivity contribution is -0.141. The maximum Gasteiger partial charge on any atom is 0.306 e. The molecule has 1 aliphatic heterocycles. The third-order valence-corrected chi connectivity index (χ3v) is 3.26. The van der Waals surface area contributed by atoms with Gasteiger partial charge >= 0.3 is 5.97 Å². The van der Waals surface area contributed by atoms with E-state index < -0.39 is 0 Å². The molecule has 0 unspecified atom stereocenters. The van der Waals surface area contributed by atoms with E-state index in [1.807, 2.05) is 6.07 Å². The average molecular weight is 188 g/mol. The standard InChI is InChI=1S/C12H12O2/c13-11-7-9-6-5-8-3-1-2-4-10(8)12(9)14-11/h1-4,9,12H,5-7H2/t9-,12+/m0/s1. The maximum atomic E-state index is 11.2. The second-order valence-corrected chi connectivity index (χ2v) is 4.11. The lowest BCUT2D eigenvalue weighted by Gasteiger charge is -2.25. The first kappa shape index (κ1) is 8.04. The number of fused-ring (bicyclic) bond motifs is 3. The third kappa shape index (κ3) is 1.07. The highest BCUT2D eigenvalue weighted by Crippen LogP contribution is 2.43. The minimum absolute atomic E-state index is 0.0308. The van der Waals surface area contributed by atoms with Crippen molar-refractivity contribution in [3.05, 3.63) is 35.4 Å². The Labute approximate surface area is 82.9 Å². The van der Waals surface area contributed by atoms with Crippen LogP contribution in [0.25, 0.3) is 0 Å². The molecule has 1 aromatic carbocycles. The van der Waals surface area contributed by atoms with E-state index in [0.29, 0.717) is 12.3 Å². The predicted octanol–water partition coefficient (Wildman–Crippen LogP) is 2.24. The van der Waals surface area contributed by atoms with Gasteiger partial charge in [-0.1, -0.05) is 24.3 Å². The fraction of sp³-hybridized carbons (Fsp3) is 0.417. The van der Waals surface area contributed by atoms with Gasteiger partial charge in [0.1, 0.15) is 6.10 Å². The number of rotatable bonds is 0. The summed E-state index contributed by atoms with van der Waals surface area (Å²) in [4.78, 5) is 11.2. The summed E-state index contributed by atoms with van der Waals surface area (Å²) in [7, 11) is 0. The Kier molecular flexibility index (Phi) is 1.63. The van der Waals surface area contributed by atoms with Crippen molar-refractivity contribution in [3.63, 3.8) is 0 Å². The van der Waals surface area contributed by atoms with Gasteiger partial charge in [0, 0.05) is 5.92 Å². The molecule has 2 atom stereocenters. The number of ether oxygens (including phenoxy) is 1. The zero-order chi connectivity index (χ0) is 9.54. The van der Waals surface area contributed by atoms with Crippen LogP contribution in [0.3, 0.4) is 0 Å². The molecule has 1 fully saturated rings.